The molecule has 3 rings (SSSR count). The molecule has 0 aliphatic carbocycles. The Morgan fingerprint density at radius 3 is 2.32 bits per heavy atom. The van der Waals surface area contributed by atoms with E-state index in [0.29, 0.717) is 6.04 Å². The van der Waals surface area contributed by atoms with Gasteiger partial charge < -0.3 is 19.7 Å². The Morgan fingerprint density at radius 1 is 1.09 bits per heavy atom. The fraction of sp³-hybridized carbons (Fsp3) is 0.667. The third-order valence-electron chi connectivity index (χ3n) is 5.36. The van der Waals surface area contributed by atoms with Crippen LogP contribution in [-0.4, -0.2) is 44.8 Å². The molecule has 1 aromatic carbocycles. The third kappa shape index (κ3) is 2.59. The molecule has 1 saturated heterocycles. The summed E-state index contributed by atoms with van der Waals surface area (Å²) in [4.78, 5) is 2.57. The van der Waals surface area contributed by atoms with Crippen molar-refractivity contribution in [2.24, 2.45) is 0 Å². The van der Waals surface area contributed by atoms with Crippen LogP contribution in [0.15, 0.2) is 12.1 Å². The van der Waals surface area contributed by atoms with Gasteiger partial charge in [-0.3, -0.25) is 0 Å². The molecule has 4 nitrogen and oxygen atoms in total. The maximum absolute atomic E-state index is 5.53. The Bertz CT molecular complexity index is 534. The number of ether oxygens (including phenoxy) is 2. The van der Waals surface area contributed by atoms with Gasteiger partial charge in [0.25, 0.3) is 0 Å². The van der Waals surface area contributed by atoms with Gasteiger partial charge in [0.1, 0.15) is 0 Å². The van der Waals surface area contributed by atoms with E-state index in [1.807, 2.05) is 0 Å². The summed E-state index contributed by atoms with van der Waals surface area (Å²) in [6, 6.07) is 5.00. The number of hydrogen-bond acceptors (Lipinski definition) is 4. The molecular formula is C18H28N2O2. The zero-order chi connectivity index (χ0) is 15.7. The Labute approximate surface area is 133 Å². The molecule has 2 heterocycles. The monoisotopic (exact) mass is 304 g/mol. The van der Waals surface area contributed by atoms with Crippen molar-refractivity contribution in [2.75, 3.05) is 33.9 Å². The molecule has 4 heteroatoms. The summed E-state index contributed by atoms with van der Waals surface area (Å²) in [6.45, 7) is 7.92. The van der Waals surface area contributed by atoms with Crippen LogP contribution in [-0.2, 0) is 12.0 Å². The number of methoxy groups -OCH3 is 2. The van der Waals surface area contributed by atoms with Crippen LogP contribution in [0.3, 0.4) is 0 Å². The van der Waals surface area contributed by atoms with Crippen molar-refractivity contribution in [2.45, 2.75) is 44.7 Å². The second-order valence-electron chi connectivity index (χ2n) is 6.75. The Kier molecular flexibility index (Phi) is 4.33. The standard InChI is InChI=1S/C18H28N2O2/c1-13(2)20-9-6-18(7-10-20)15-12-17(22-4)16(21-3)11-14(15)5-8-19-18/h11-13,19H,5-10H2,1-4H3. The SMILES string of the molecule is COc1cc2c(cc1OC)C1(CCN(C(C)C)CC1)NCC2. The van der Waals surface area contributed by atoms with Crippen LogP contribution >= 0.6 is 0 Å². The van der Waals surface area contributed by atoms with E-state index >= 15 is 0 Å². The second kappa shape index (κ2) is 6.09. The lowest BCUT2D eigenvalue weighted by molar-refractivity contribution is 0.105. The highest BCUT2D eigenvalue weighted by Gasteiger charge is 2.40. The fourth-order valence-electron chi connectivity index (χ4n) is 3.97. The van der Waals surface area contributed by atoms with Crippen LogP contribution in [0.2, 0.25) is 0 Å². The molecule has 0 aromatic heterocycles. The minimum atomic E-state index is 0.110. The lowest BCUT2D eigenvalue weighted by atomic mass is 9.75. The van der Waals surface area contributed by atoms with E-state index in [-0.39, 0.29) is 5.54 Å². The van der Waals surface area contributed by atoms with Gasteiger partial charge in [0, 0.05) is 31.2 Å². The molecule has 1 spiro atoms. The number of nitrogens with zero attached hydrogens (tertiary/aromatic N) is 1. The van der Waals surface area contributed by atoms with Crippen LogP contribution in [0.5, 0.6) is 11.5 Å². The van der Waals surface area contributed by atoms with Crippen molar-refractivity contribution in [3.8, 4) is 11.5 Å². The summed E-state index contributed by atoms with van der Waals surface area (Å²) in [7, 11) is 3.43. The molecule has 0 radical (unpaired) electrons. The fourth-order valence-corrected chi connectivity index (χ4v) is 3.97. The van der Waals surface area contributed by atoms with E-state index in [2.05, 4.69) is 36.2 Å². The summed E-state index contributed by atoms with van der Waals surface area (Å²) >= 11 is 0. The van der Waals surface area contributed by atoms with Gasteiger partial charge in [0.15, 0.2) is 11.5 Å². The normalized spacial score (nSPS) is 21.0. The maximum atomic E-state index is 5.53. The Hall–Kier alpha value is -1.26. The van der Waals surface area contributed by atoms with E-state index in [0.717, 1.165) is 50.4 Å². The van der Waals surface area contributed by atoms with Crippen molar-refractivity contribution in [3.63, 3.8) is 0 Å². The molecule has 0 unspecified atom stereocenters. The highest BCUT2D eigenvalue weighted by molar-refractivity contribution is 5.51. The summed E-state index contributed by atoms with van der Waals surface area (Å²) < 4.78 is 11.0. The van der Waals surface area contributed by atoms with Crippen molar-refractivity contribution in [1.82, 2.24) is 10.2 Å². The van der Waals surface area contributed by atoms with Gasteiger partial charge in [0.2, 0.25) is 0 Å². The summed E-state index contributed by atoms with van der Waals surface area (Å²) in [5.41, 5.74) is 2.94. The van der Waals surface area contributed by atoms with Crippen molar-refractivity contribution >= 4 is 0 Å². The number of piperidine rings is 1. The quantitative estimate of drug-likeness (QED) is 0.930. The van der Waals surface area contributed by atoms with Gasteiger partial charge in [-0.15, -0.1) is 0 Å². The molecule has 2 aliphatic rings. The predicted octanol–water partition coefficient (Wildman–Crippen LogP) is 2.55. The van der Waals surface area contributed by atoms with Crippen LogP contribution in [0, 0.1) is 0 Å². The molecule has 1 fully saturated rings. The predicted molar refractivity (Wildman–Crippen MR) is 88.9 cm³/mol. The highest BCUT2D eigenvalue weighted by Crippen LogP contribution is 2.42. The minimum absolute atomic E-state index is 0.110. The van der Waals surface area contributed by atoms with Crippen LogP contribution in [0.1, 0.15) is 37.8 Å². The molecule has 0 amide bonds. The first-order valence-electron chi connectivity index (χ1n) is 8.34. The third-order valence-corrected chi connectivity index (χ3v) is 5.36. The summed E-state index contributed by atoms with van der Waals surface area (Å²) in [5, 5.41) is 3.82. The lowest BCUT2D eigenvalue weighted by Crippen LogP contribution is -2.55. The first-order valence-corrected chi connectivity index (χ1v) is 8.34. The number of rotatable bonds is 3. The van der Waals surface area contributed by atoms with E-state index in [9.17, 15) is 0 Å². The molecule has 0 bridgehead atoms. The minimum Gasteiger partial charge on any atom is -0.493 e. The summed E-state index contributed by atoms with van der Waals surface area (Å²) in [5.74, 6) is 1.69. The lowest BCUT2D eigenvalue weighted by Gasteiger charge is -2.47. The van der Waals surface area contributed by atoms with Crippen molar-refractivity contribution in [1.29, 1.82) is 0 Å². The summed E-state index contributed by atoms with van der Waals surface area (Å²) in [6.07, 6.45) is 3.38. The average Bonchev–Trinajstić information content (AvgIpc) is 2.54. The molecule has 1 aromatic rings. The maximum Gasteiger partial charge on any atom is 0.161 e. The van der Waals surface area contributed by atoms with E-state index in [1.165, 1.54) is 11.1 Å². The number of nitrogens with one attached hydrogen (secondary N) is 1. The first kappa shape index (κ1) is 15.6. The van der Waals surface area contributed by atoms with Crippen LogP contribution < -0.4 is 14.8 Å². The number of fused-ring (bicyclic) bond motifs is 2. The molecule has 2 aliphatic heterocycles. The molecule has 0 saturated carbocycles. The van der Waals surface area contributed by atoms with Crippen molar-refractivity contribution < 1.29 is 9.47 Å². The highest BCUT2D eigenvalue weighted by atomic mass is 16.5. The average molecular weight is 304 g/mol. The van der Waals surface area contributed by atoms with Gasteiger partial charge in [-0.05, 0) is 56.4 Å². The van der Waals surface area contributed by atoms with Gasteiger partial charge >= 0.3 is 0 Å². The van der Waals surface area contributed by atoms with Gasteiger partial charge in [0.05, 0.1) is 14.2 Å². The largest absolute Gasteiger partial charge is 0.493 e. The van der Waals surface area contributed by atoms with Crippen LogP contribution in [0.4, 0.5) is 0 Å². The smallest absolute Gasteiger partial charge is 0.161 e. The van der Waals surface area contributed by atoms with Gasteiger partial charge in [-0.2, -0.15) is 0 Å². The zero-order valence-electron chi connectivity index (χ0n) is 14.2. The van der Waals surface area contributed by atoms with Gasteiger partial charge in [-0.25, -0.2) is 0 Å². The Balaban J connectivity index is 1.94. The first-order chi connectivity index (χ1) is 10.6. The topological polar surface area (TPSA) is 33.7 Å². The number of benzene rings is 1. The van der Waals surface area contributed by atoms with E-state index in [1.54, 1.807) is 14.2 Å². The number of likely N-dealkylation sites (tertiary alicyclic amines) is 1. The van der Waals surface area contributed by atoms with Crippen LogP contribution in [0.25, 0.3) is 0 Å². The second-order valence-corrected chi connectivity index (χ2v) is 6.75. The molecule has 0 atom stereocenters. The molecule has 22 heavy (non-hydrogen) atoms. The zero-order valence-corrected chi connectivity index (χ0v) is 14.2. The van der Waals surface area contributed by atoms with Gasteiger partial charge in [-0.1, -0.05) is 0 Å². The Morgan fingerprint density at radius 2 is 1.73 bits per heavy atom. The van der Waals surface area contributed by atoms with Crippen molar-refractivity contribution in [3.05, 3.63) is 23.3 Å². The van der Waals surface area contributed by atoms with E-state index in [4.69, 9.17) is 9.47 Å². The molecule has 1 N–H and O–H groups in total. The molecule has 122 valence electrons. The van der Waals surface area contributed by atoms with E-state index < -0.39 is 0 Å². The molecular weight excluding hydrogens is 276 g/mol. The number of hydrogen-bond donors (Lipinski definition) is 1.